The second-order valence-corrected chi connectivity index (χ2v) is 4.81. The van der Waals surface area contributed by atoms with Crippen LogP contribution in [-0.2, 0) is 9.53 Å². The molecule has 0 fully saturated rings. The number of Topliss-reactive ketones (excluding diaryl/α,β-unsaturated/α-hetero) is 1. The molecular weight excluding hydrogens is 256 g/mol. The predicted octanol–water partition coefficient (Wildman–Crippen LogP) is 2.59. The number of methoxy groups -OCH3 is 1. The lowest BCUT2D eigenvalue weighted by atomic mass is 9.89. The van der Waals surface area contributed by atoms with Crippen LogP contribution >= 0.6 is 0 Å². The number of carbonyl (C=O) groups is 2. The van der Waals surface area contributed by atoms with Gasteiger partial charge in [0.1, 0.15) is 5.75 Å². The lowest BCUT2D eigenvalue weighted by Crippen LogP contribution is -2.30. The second-order valence-electron chi connectivity index (χ2n) is 4.81. The van der Waals surface area contributed by atoms with Gasteiger partial charge in [-0.25, -0.2) is 0 Å². The maximum absolute atomic E-state index is 12.6. The summed E-state index contributed by atoms with van der Waals surface area (Å²) in [5, 5.41) is 1.85. The molecule has 0 saturated heterocycles. The largest absolute Gasteiger partial charge is 0.492 e. The molecule has 1 heterocycles. The summed E-state index contributed by atoms with van der Waals surface area (Å²) in [5.41, 5.74) is 0.572. The van der Waals surface area contributed by atoms with E-state index in [2.05, 4.69) is 4.74 Å². The van der Waals surface area contributed by atoms with Gasteiger partial charge in [-0.2, -0.15) is 0 Å². The number of hydrogen-bond donors (Lipinski definition) is 0. The van der Waals surface area contributed by atoms with Crippen molar-refractivity contribution in [2.75, 3.05) is 13.7 Å². The highest BCUT2D eigenvalue weighted by atomic mass is 16.5. The summed E-state index contributed by atoms with van der Waals surface area (Å²) >= 11 is 0. The Kier molecular flexibility index (Phi) is 3.14. The molecule has 2 aromatic rings. The van der Waals surface area contributed by atoms with E-state index in [0.29, 0.717) is 11.3 Å². The Labute approximate surface area is 116 Å². The van der Waals surface area contributed by atoms with Crippen LogP contribution in [-0.4, -0.2) is 25.5 Å². The summed E-state index contributed by atoms with van der Waals surface area (Å²) < 4.78 is 10.3. The van der Waals surface area contributed by atoms with Crippen LogP contribution in [0.1, 0.15) is 16.8 Å². The van der Waals surface area contributed by atoms with Crippen LogP contribution in [0.5, 0.6) is 5.75 Å². The zero-order chi connectivity index (χ0) is 14.1. The van der Waals surface area contributed by atoms with E-state index < -0.39 is 11.9 Å². The number of hydrogen-bond acceptors (Lipinski definition) is 4. The van der Waals surface area contributed by atoms with Gasteiger partial charge in [-0.15, -0.1) is 0 Å². The molecule has 1 aliphatic rings. The Morgan fingerprint density at radius 2 is 2.10 bits per heavy atom. The van der Waals surface area contributed by atoms with Crippen molar-refractivity contribution in [2.45, 2.75) is 6.42 Å². The monoisotopic (exact) mass is 270 g/mol. The molecule has 0 radical (unpaired) electrons. The highest BCUT2D eigenvalue weighted by Gasteiger charge is 2.32. The normalized spacial score (nSPS) is 17.4. The van der Waals surface area contributed by atoms with E-state index in [4.69, 9.17) is 4.74 Å². The van der Waals surface area contributed by atoms with Gasteiger partial charge in [0.05, 0.1) is 31.6 Å². The molecule has 1 atom stereocenters. The average Bonchev–Trinajstić information content (AvgIpc) is 2.49. The summed E-state index contributed by atoms with van der Waals surface area (Å²) in [6, 6.07) is 11.4. The second kappa shape index (κ2) is 4.96. The van der Waals surface area contributed by atoms with Gasteiger partial charge in [0.15, 0.2) is 5.78 Å². The Hall–Kier alpha value is -2.36. The summed E-state index contributed by atoms with van der Waals surface area (Å²) in [6.07, 6.45) is 0.0536. The number of ketones is 1. The molecule has 0 amide bonds. The molecule has 0 saturated carbocycles. The third kappa shape index (κ3) is 2.03. The van der Waals surface area contributed by atoms with Crippen molar-refractivity contribution in [3.05, 3.63) is 42.0 Å². The fraction of sp³-hybridized carbons (Fsp3) is 0.250. The van der Waals surface area contributed by atoms with Crippen LogP contribution in [0.25, 0.3) is 10.8 Å². The minimum absolute atomic E-state index is 0.0477. The van der Waals surface area contributed by atoms with Crippen molar-refractivity contribution < 1.29 is 19.1 Å². The first-order valence-corrected chi connectivity index (χ1v) is 6.46. The molecular formula is C16H14O4. The molecule has 0 spiro atoms. The molecule has 1 aliphatic heterocycles. The standard InChI is InChI=1S/C16H14O4/c1-19-14(17)8-11-9-20-13-7-6-10-4-2-3-5-12(10)15(13)16(11)18/h2-7,11H,8-9H2,1H3/t11-/m1/s1. The van der Waals surface area contributed by atoms with Gasteiger partial charge in [0, 0.05) is 0 Å². The van der Waals surface area contributed by atoms with Gasteiger partial charge >= 0.3 is 5.97 Å². The predicted molar refractivity (Wildman–Crippen MR) is 73.9 cm³/mol. The molecule has 0 N–H and O–H groups in total. The van der Waals surface area contributed by atoms with Crippen molar-refractivity contribution in [3.8, 4) is 5.75 Å². The number of carbonyl (C=O) groups excluding carboxylic acids is 2. The Balaban J connectivity index is 2.05. The molecule has 0 unspecified atom stereocenters. The average molecular weight is 270 g/mol. The molecule has 0 bridgehead atoms. The number of benzene rings is 2. The van der Waals surface area contributed by atoms with Crippen molar-refractivity contribution in [3.63, 3.8) is 0 Å². The van der Waals surface area contributed by atoms with Crippen LogP contribution in [0, 0.1) is 5.92 Å². The molecule has 0 aliphatic carbocycles. The highest BCUT2D eigenvalue weighted by Crippen LogP contribution is 2.34. The van der Waals surface area contributed by atoms with E-state index in [1.165, 1.54) is 7.11 Å². The van der Waals surface area contributed by atoms with Crippen LogP contribution in [0.3, 0.4) is 0 Å². The van der Waals surface area contributed by atoms with E-state index in [0.717, 1.165) is 10.8 Å². The third-order valence-electron chi connectivity index (χ3n) is 3.59. The van der Waals surface area contributed by atoms with Crippen molar-refractivity contribution in [1.29, 1.82) is 0 Å². The molecule has 0 aromatic heterocycles. The summed E-state index contributed by atoms with van der Waals surface area (Å²) in [7, 11) is 1.32. The molecule has 2 aromatic carbocycles. The van der Waals surface area contributed by atoms with Gasteiger partial charge in [0.25, 0.3) is 0 Å². The van der Waals surface area contributed by atoms with Crippen LogP contribution in [0.4, 0.5) is 0 Å². The summed E-state index contributed by atoms with van der Waals surface area (Å²) in [5.74, 6) is -0.320. The van der Waals surface area contributed by atoms with Crippen molar-refractivity contribution in [2.24, 2.45) is 5.92 Å². The zero-order valence-electron chi connectivity index (χ0n) is 11.1. The quantitative estimate of drug-likeness (QED) is 0.787. The van der Waals surface area contributed by atoms with E-state index in [1.54, 1.807) is 0 Å². The number of fused-ring (bicyclic) bond motifs is 3. The fourth-order valence-corrected chi connectivity index (χ4v) is 2.53. The van der Waals surface area contributed by atoms with E-state index in [-0.39, 0.29) is 18.8 Å². The molecule has 20 heavy (non-hydrogen) atoms. The maximum Gasteiger partial charge on any atom is 0.306 e. The summed E-state index contributed by atoms with van der Waals surface area (Å²) in [4.78, 5) is 24.0. The fourth-order valence-electron chi connectivity index (χ4n) is 2.53. The lowest BCUT2D eigenvalue weighted by molar-refractivity contribution is -0.141. The first-order valence-electron chi connectivity index (χ1n) is 6.46. The minimum atomic E-state index is -0.472. The van der Waals surface area contributed by atoms with Crippen molar-refractivity contribution >= 4 is 22.5 Å². The highest BCUT2D eigenvalue weighted by molar-refractivity contribution is 6.12. The number of ether oxygens (including phenoxy) is 2. The van der Waals surface area contributed by atoms with Gasteiger partial charge in [-0.05, 0) is 16.8 Å². The Morgan fingerprint density at radius 3 is 2.90 bits per heavy atom. The molecule has 102 valence electrons. The number of rotatable bonds is 2. The van der Waals surface area contributed by atoms with Gasteiger partial charge in [-0.1, -0.05) is 30.3 Å². The lowest BCUT2D eigenvalue weighted by Gasteiger charge is -2.24. The van der Waals surface area contributed by atoms with E-state index >= 15 is 0 Å². The minimum Gasteiger partial charge on any atom is -0.492 e. The topological polar surface area (TPSA) is 52.6 Å². The smallest absolute Gasteiger partial charge is 0.306 e. The first-order chi connectivity index (χ1) is 9.70. The van der Waals surface area contributed by atoms with E-state index in [9.17, 15) is 9.59 Å². The van der Waals surface area contributed by atoms with Crippen molar-refractivity contribution in [1.82, 2.24) is 0 Å². The maximum atomic E-state index is 12.6. The SMILES string of the molecule is COC(=O)C[C@@H]1COc2ccc3ccccc3c2C1=O. The van der Waals surface area contributed by atoms with Gasteiger partial charge in [0.2, 0.25) is 0 Å². The molecule has 3 rings (SSSR count). The van der Waals surface area contributed by atoms with Crippen LogP contribution in [0.15, 0.2) is 36.4 Å². The Bertz CT molecular complexity index is 690. The van der Waals surface area contributed by atoms with Gasteiger partial charge < -0.3 is 9.47 Å². The van der Waals surface area contributed by atoms with Crippen LogP contribution < -0.4 is 4.74 Å². The zero-order valence-corrected chi connectivity index (χ0v) is 11.1. The van der Waals surface area contributed by atoms with Gasteiger partial charge in [-0.3, -0.25) is 9.59 Å². The molecule has 4 nitrogen and oxygen atoms in total. The first kappa shape index (κ1) is 12.7. The van der Waals surface area contributed by atoms with E-state index in [1.807, 2.05) is 36.4 Å². The molecule has 4 heteroatoms. The summed E-state index contributed by atoms with van der Waals surface area (Å²) in [6.45, 7) is 0.222. The Morgan fingerprint density at radius 1 is 1.30 bits per heavy atom. The van der Waals surface area contributed by atoms with Crippen LogP contribution in [0.2, 0.25) is 0 Å². The number of esters is 1. The third-order valence-corrected chi connectivity index (χ3v) is 3.59.